The van der Waals surface area contributed by atoms with Gasteiger partial charge in [0, 0.05) is 11.3 Å². The van der Waals surface area contributed by atoms with E-state index in [9.17, 15) is 0 Å². The Morgan fingerprint density at radius 1 is 1.29 bits per heavy atom. The first-order valence-corrected chi connectivity index (χ1v) is 4.43. The van der Waals surface area contributed by atoms with Gasteiger partial charge < -0.3 is 5.73 Å². The third-order valence-electron chi connectivity index (χ3n) is 1.80. The Balaban J connectivity index is 0.000000791. The van der Waals surface area contributed by atoms with Crippen molar-refractivity contribution in [2.45, 2.75) is 6.92 Å². The summed E-state index contributed by atoms with van der Waals surface area (Å²) in [7, 11) is 0. The Morgan fingerprint density at radius 3 is 2.29 bits per heavy atom. The van der Waals surface area contributed by atoms with Crippen molar-refractivity contribution >= 4 is 11.3 Å². The van der Waals surface area contributed by atoms with Crippen LogP contribution >= 0.6 is 0 Å². The fourth-order valence-electron chi connectivity index (χ4n) is 1.14. The highest BCUT2D eigenvalue weighted by Gasteiger charge is 1.98. The summed E-state index contributed by atoms with van der Waals surface area (Å²) in [6, 6.07) is 7.78. The predicted octanol–water partition coefficient (Wildman–Crippen LogP) is 3.66. The van der Waals surface area contributed by atoms with E-state index in [1.807, 2.05) is 43.3 Å². The maximum absolute atomic E-state index is 5.78. The van der Waals surface area contributed by atoms with E-state index >= 15 is 0 Å². The molecule has 0 saturated carbocycles. The van der Waals surface area contributed by atoms with Crippen LogP contribution in [0.4, 0.5) is 5.69 Å². The Morgan fingerprint density at radius 2 is 1.86 bits per heavy atom. The van der Waals surface area contributed by atoms with Gasteiger partial charge in [0.05, 0.1) is 0 Å². The molecule has 2 N–H and O–H groups in total. The minimum atomic E-state index is 0.797. The van der Waals surface area contributed by atoms with Crippen molar-refractivity contribution in [2.75, 3.05) is 5.73 Å². The number of hydrogen-bond donors (Lipinski definition) is 1. The zero-order valence-corrected chi connectivity index (χ0v) is 8.66. The second-order valence-electron chi connectivity index (χ2n) is 2.54. The van der Waals surface area contributed by atoms with Crippen molar-refractivity contribution in [3.8, 4) is 0 Å². The Kier molecular flexibility index (Phi) is 5.88. The van der Waals surface area contributed by atoms with Crippen molar-refractivity contribution in [2.24, 2.45) is 0 Å². The molecule has 0 bridgehead atoms. The van der Waals surface area contributed by atoms with Gasteiger partial charge in [-0.05, 0) is 18.6 Å². The summed E-state index contributed by atoms with van der Waals surface area (Å²) >= 11 is 0. The summed E-state index contributed by atoms with van der Waals surface area (Å²) in [6.45, 7) is 11.7. The highest BCUT2D eigenvalue weighted by atomic mass is 14.6. The lowest BCUT2D eigenvalue weighted by Crippen LogP contribution is -1.90. The highest BCUT2D eigenvalue weighted by Crippen LogP contribution is 2.21. The van der Waals surface area contributed by atoms with Crippen LogP contribution in [0.25, 0.3) is 5.57 Å². The number of nitrogens with two attached hydrogens (primary N) is 1. The second-order valence-corrected chi connectivity index (χ2v) is 2.54. The standard InChI is InChI=1S/C11H13N.C2H4/c1-3-9(4-2)10-7-5-6-8-11(10)12;1-2/h3-8H,1,12H2,2H3;1-2H2/b9-4+;. The zero-order valence-electron chi connectivity index (χ0n) is 8.66. The molecule has 74 valence electrons. The lowest BCUT2D eigenvalue weighted by Gasteiger charge is -2.04. The molecule has 0 aromatic heterocycles. The molecule has 0 amide bonds. The molecule has 1 rings (SSSR count). The summed E-state index contributed by atoms with van der Waals surface area (Å²) in [5, 5.41) is 0. The van der Waals surface area contributed by atoms with E-state index in [4.69, 9.17) is 5.73 Å². The van der Waals surface area contributed by atoms with Crippen molar-refractivity contribution in [3.63, 3.8) is 0 Å². The van der Waals surface area contributed by atoms with Gasteiger partial charge in [-0.2, -0.15) is 0 Å². The van der Waals surface area contributed by atoms with Crippen molar-refractivity contribution < 1.29 is 0 Å². The van der Waals surface area contributed by atoms with Gasteiger partial charge in [-0.15, -0.1) is 13.2 Å². The minimum Gasteiger partial charge on any atom is -0.398 e. The molecule has 0 atom stereocenters. The average Bonchev–Trinajstić information content (AvgIpc) is 2.25. The molecule has 0 spiro atoms. The van der Waals surface area contributed by atoms with E-state index in [1.165, 1.54) is 0 Å². The van der Waals surface area contributed by atoms with Crippen LogP contribution in [0.15, 0.2) is 56.2 Å². The number of benzene rings is 1. The molecule has 1 aromatic carbocycles. The molecule has 0 radical (unpaired) electrons. The fraction of sp³-hybridized carbons (Fsp3) is 0.0769. The van der Waals surface area contributed by atoms with Crippen LogP contribution < -0.4 is 5.73 Å². The van der Waals surface area contributed by atoms with Gasteiger partial charge in [-0.1, -0.05) is 36.9 Å². The third kappa shape index (κ3) is 2.94. The molecule has 0 unspecified atom stereocenters. The van der Waals surface area contributed by atoms with Crippen LogP contribution in [0.1, 0.15) is 12.5 Å². The maximum Gasteiger partial charge on any atom is 0.0393 e. The van der Waals surface area contributed by atoms with Crippen LogP contribution in [0.2, 0.25) is 0 Å². The molecule has 0 saturated heterocycles. The van der Waals surface area contributed by atoms with Gasteiger partial charge in [0.1, 0.15) is 0 Å². The molecule has 1 aromatic rings. The lowest BCUT2D eigenvalue weighted by molar-refractivity contribution is 1.59. The van der Waals surface area contributed by atoms with Gasteiger partial charge in [0.25, 0.3) is 0 Å². The molecule has 0 aliphatic rings. The molecule has 0 aliphatic carbocycles. The van der Waals surface area contributed by atoms with E-state index in [-0.39, 0.29) is 0 Å². The highest BCUT2D eigenvalue weighted by molar-refractivity contribution is 5.80. The normalized spacial score (nSPS) is 9.93. The van der Waals surface area contributed by atoms with Gasteiger partial charge >= 0.3 is 0 Å². The predicted molar refractivity (Wildman–Crippen MR) is 66.0 cm³/mol. The Labute approximate surface area is 86.3 Å². The molecular weight excluding hydrogens is 170 g/mol. The van der Waals surface area contributed by atoms with Crippen LogP contribution in [0.3, 0.4) is 0 Å². The number of anilines is 1. The minimum absolute atomic E-state index is 0.797. The average molecular weight is 187 g/mol. The smallest absolute Gasteiger partial charge is 0.0393 e. The second kappa shape index (κ2) is 6.72. The van der Waals surface area contributed by atoms with E-state index in [0.29, 0.717) is 0 Å². The zero-order chi connectivity index (χ0) is 11.0. The first-order chi connectivity index (χ1) is 6.79. The third-order valence-corrected chi connectivity index (χ3v) is 1.80. The van der Waals surface area contributed by atoms with Gasteiger partial charge in [-0.25, -0.2) is 0 Å². The summed E-state index contributed by atoms with van der Waals surface area (Å²) in [6.07, 6.45) is 3.81. The summed E-state index contributed by atoms with van der Waals surface area (Å²) in [4.78, 5) is 0. The van der Waals surface area contributed by atoms with Crippen molar-refractivity contribution in [1.29, 1.82) is 0 Å². The van der Waals surface area contributed by atoms with E-state index in [0.717, 1.165) is 16.8 Å². The fourth-order valence-corrected chi connectivity index (χ4v) is 1.14. The quantitative estimate of drug-likeness (QED) is 0.427. The van der Waals surface area contributed by atoms with Gasteiger partial charge in [0.15, 0.2) is 0 Å². The first-order valence-electron chi connectivity index (χ1n) is 4.43. The summed E-state index contributed by atoms with van der Waals surface area (Å²) in [5.74, 6) is 0. The van der Waals surface area contributed by atoms with Crippen LogP contribution in [0.5, 0.6) is 0 Å². The molecular formula is C13H17N. The van der Waals surface area contributed by atoms with E-state index in [1.54, 1.807) is 0 Å². The number of rotatable bonds is 2. The molecule has 0 aliphatic heterocycles. The SMILES string of the molecule is C=C.C=C/C(=C\C)c1ccccc1N. The molecule has 14 heavy (non-hydrogen) atoms. The summed E-state index contributed by atoms with van der Waals surface area (Å²) in [5.41, 5.74) is 8.71. The van der Waals surface area contributed by atoms with Gasteiger partial charge in [-0.3, -0.25) is 0 Å². The van der Waals surface area contributed by atoms with Crippen molar-refractivity contribution in [3.05, 3.63) is 61.7 Å². The molecule has 0 fully saturated rings. The number of allylic oxidation sites excluding steroid dienone is 3. The molecule has 1 heteroatoms. The Hall–Kier alpha value is -1.76. The van der Waals surface area contributed by atoms with Crippen molar-refractivity contribution in [1.82, 2.24) is 0 Å². The largest absolute Gasteiger partial charge is 0.398 e. The van der Waals surface area contributed by atoms with E-state index < -0.39 is 0 Å². The maximum atomic E-state index is 5.78. The number of para-hydroxylation sites is 1. The topological polar surface area (TPSA) is 26.0 Å². The molecule has 0 heterocycles. The van der Waals surface area contributed by atoms with E-state index in [2.05, 4.69) is 19.7 Å². The summed E-state index contributed by atoms with van der Waals surface area (Å²) < 4.78 is 0. The van der Waals surface area contributed by atoms with Gasteiger partial charge in [0.2, 0.25) is 0 Å². The lowest BCUT2D eigenvalue weighted by atomic mass is 10.0. The Bertz CT molecular complexity index is 324. The monoisotopic (exact) mass is 187 g/mol. The van der Waals surface area contributed by atoms with Crippen LogP contribution in [-0.4, -0.2) is 0 Å². The van der Waals surface area contributed by atoms with Crippen LogP contribution in [0, 0.1) is 0 Å². The molecule has 1 nitrogen and oxygen atoms in total. The first kappa shape index (κ1) is 12.2. The van der Waals surface area contributed by atoms with Crippen LogP contribution in [-0.2, 0) is 0 Å². The number of nitrogen functional groups attached to an aromatic ring is 1. The number of hydrogen-bond acceptors (Lipinski definition) is 1.